The van der Waals surface area contributed by atoms with Gasteiger partial charge in [-0.25, -0.2) is 0 Å². The number of carbonyl (C=O) groups excluding carboxylic acids is 1. The second-order valence-electron chi connectivity index (χ2n) is 3.78. The third-order valence-electron chi connectivity index (χ3n) is 2.37. The molecule has 1 aromatic heterocycles. The zero-order chi connectivity index (χ0) is 12.0. The minimum absolute atomic E-state index is 0.0314. The first-order chi connectivity index (χ1) is 7.65. The fourth-order valence-electron chi connectivity index (χ4n) is 1.26. The van der Waals surface area contributed by atoms with Crippen molar-refractivity contribution in [2.75, 3.05) is 13.1 Å². The van der Waals surface area contributed by atoms with Gasteiger partial charge >= 0.3 is 0 Å². The molecule has 6 nitrogen and oxygen atoms in total. The fraction of sp³-hybridized carbons (Fsp3) is 0.700. The van der Waals surface area contributed by atoms with Crippen molar-refractivity contribution in [1.29, 1.82) is 0 Å². The number of aryl methyl sites for hydroxylation is 1. The highest BCUT2D eigenvalue weighted by atomic mass is 16.1. The average Bonchev–Trinajstić information content (AvgIpc) is 2.68. The van der Waals surface area contributed by atoms with E-state index in [4.69, 9.17) is 0 Å². The lowest BCUT2D eigenvalue weighted by atomic mass is 10.1. The van der Waals surface area contributed by atoms with Gasteiger partial charge in [-0.2, -0.15) is 0 Å². The van der Waals surface area contributed by atoms with Crippen molar-refractivity contribution < 1.29 is 4.79 Å². The number of hydrogen-bond donors (Lipinski definition) is 2. The molecule has 1 amide bonds. The minimum atomic E-state index is -0.0341. The zero-order valence-electron chi connectivity index (χ0n) is 10.0. The predicted octanol–water partition coefficient (Wildman–Crippen LogP) is -0.323. The Kier molecular flexibility index (Phi) is 4.91. The van der Waals surface area contributed by atoms with Gasteiger partial charge in [0, 0.05) is 19.5 Å². The molecular weight excluding hydrogens is 206 g/mol. The third kappa shape index (κ3) is 3.62. The molecule has 1 rings (SSSR count). The maximum Gasteiger partial charge on any atom is 0.224 e. The van der Waals surface area contributed by atoms with E-state index in [1.807, 2.05) is 20.9 Å². The molecule has 0 bridgehead atoms. The van der Waals surface area contributed by atoms with E-state index >= 15 is 0 Å². The number of carbonyl (C=O) groups is 1. The highest BCUT2D eigenvalue weighted by Gasteiger charge is 2.12. The van der Waals surface area contributed by atoms with E-state index in [0.717, 1.165) is 12.4 Å². The van der Waals surface area contributed by atoms with E-state index in [1.165, 1.54) is 0 Å². The van der Waals surface area contributed by atoms with E-state index in [0.29, 0.717) is 13.1 Å². The lowest BCUT2D eigenvalue weighted by molar-refractivity contribution is -0.124. The van der Waals surface area contributed by atoms with Gasteiger partial charge in [0.15, 0.2) is 5.82 Å². The number of nitrogens with zero attached hydrogens (tertiary/aromatic N) is 3. The Bertz CT molecular complexity index is 336. The number of hydrogen-bond acceptors (Lipinski definition) is 4. The summed E-state index contributed by atoms with van der Waals surface area (Å²) in [6.07, 6.45) is 1.61. The van der Waals surface area contributed by atoms with Crippen LogP contribution in [0.1, 0.15) is 19.7 Å². The molecule has 0 spiro atoms. The van der Waals surface area contributed by atoms with Crippen LogP contribution in [0.15, 0.2) is 6.33 Å². The molecular formula is C10H19N5O. The highest BCUT2D eigenvalue weighted by Crippen LogP contribution is 1.95. The highest BCUT2D eigenvalue weighted by molar-refractivity contribution is 5.78. The van der Waals surface area contributed by atoms with E-state index in [2.05, 4.69) is 20.8 Å². The summed E-state index contributed by atoms with van der Waals surface area (Å²) in [6.45, 7) is 5.91. The topological polar surface area (TPSA) is 71.8 Å². The molecule has 0 aliphatic heterocycles. The molecule has 1 aromatic rings. The van der Waals surface area contributed by atoms with E-state index in [9.17, 15) is 4.79 Å². The Balaban J connectivity index is 2.32. The predicted molar refractivity (Wildman–Crippen MR) is 60.6 cm³/mol. The third-order valence-corrected chi connectivity index (χ3v) is 2.37. The van der Waals surface area contributed by atoms with Crippen molar-refractivity contribution in [3.8, 4) is 0 Å². The van der Waals surface area contributed by atoms with Gasteiger partial charge in [0.1, 0.15) is 6.33 Å². The molecule has 0 saturated heterocycles. The SMILES string of the molecule is CCNCC(C)C(=O)NCc1nncn1C. The van der Waals surface area contributed by atoms with Crippen LogP contribution in [0.4, 0.5) is 0 Å². The van der Waals surface area contributed by atoms with Gasteiger partial charge in [0.05, 0.1) is 6.54 Å². The lowest BCUT2D eigenvalue weighted by Crippen LogP contribution is -2.35. The molecule has 1 atom stereocenters. The van der Waals surface area contributed by atoms with E-state index in [-0.39, 0.29) is 11.8 Å². The van der Waals surface area contributed by atoms with E-state index < -0.39 is 0 Å². The molecule has 1 heterocycles. The molecule has 16 heavy (non-hydrogen) atoms. The molecule has 6 heteroatoms. The second-order valence-corrected chi connectivity index (χ2v) is 3.78. The Morgan fingerprint density at radius 3 is 2.94 bits per heavy atom. The van der Waals surface area contributed by atoms with Gasteiger partial charge in [0.2, 0.25) is 5.91 Å². The summed E-state index contributed by atoms with van der Waals surface area (Å²) in [5, 5.41) is 13.6. The van der Waals surface area contributed by atoms with Gasteiger partial charge in [-0.3, -0.25) is 4.79 Å². The van der Waals surface area contributed by atoms with Crippen molar-refractivity contribution in [3.63, 3.8) is 0 Å². The minimum Gasteiger partial charge on any atom is -0.349 e. The summed E-state index contributed by atoms with van der Waals surface area (Å²) in [5.74, 6) is 0.751. The molecule has 1 unspecified atom stereocenters. The fourth-order valence-corrected chi connectivity index (χ4v) is 1.26. The molecule has 0 radical (unpaired) electrons. The van der Waals surface area contributed by atoms with Crippen LogP contribution in [0.2, 0.25) is 0 Å². The van der Waals surface area contributed by atoms with Crippen molar-refractivity contribution in [2.24, 2.45) is 13.0 Å². The van der Waals surface area contributed by atoms with Crippen LogP contribution in [-0.2, 0) is 18.4 Å². The molecule has 0 aliphatic carbocycles. The van der Waals surface area contributed by atoms with Crippen LogP contribution < -0.4 is 10.6 Å². The normalized spacial score (nSPS) is 12.4. The van der Waals surface area contributed by atoms with Gasteiger partial charge in [-0.15, -0.1) is 10.2 Å². The molecule has 0 aromatic carbocycles. The average molecular weight is 225 g/mol. The number of nitrogens with one attached hydrogen (secondary N) is 2. The maximum absolute atomic E-state index is 11.6. The molecule has 0 fully saturated rings. The van der Waals surface area contributed by atoms with Gasteiger partial charge in [-0.1, -0.05) is 13.8 Å². The van der Waals surface area contributed by atoms with Crippen LogP contribution in [0.5, 0.6) is 0 Å². The van der Waals surface area contributed by atoms with E-state index in [1.54, 1.807) is 10.9 Å². The molecule has 2 N–H and O–H groups in total. The zero-order valence-corrected chi connectivity index (χ0v) is 10.0. The van der Waals surface area contributed by atoms with Crippen molar-refractivity contribution in [2.45, 2.75) is 20.4 Å². The maximum atomic E-state index is 11.6. The lowest BCUT2D eigenvalue weighted by Gasteiger charge is -2.11. The Morgan fingerprint density at radius 1 is 1.62 bits per heavy atom. The summed E-state index contributed by atoms with van der Waals surface area (Å²) in [5.41, 5.74) is 0. The Hall–Kier alpha value is -1.43. The summed E-state index contributed by atoms with van der Waals surface area (Å²) in [4.78, 5) is 11.6. The van der Waals surface area contributed by atoms with Gasteiger partial charge in [0.25, 0.3) is 0 Å². The summed E-state index contributed by atoms with van der Waals surface area (Å²) in [7, 11) is 1.85. The van der Waals surface area contributed by atoms with Crippen LogP contribution in [-0.4, -0.2) is 33.8 Å². The Labute approximate surface area is 95.4 Å². The summed E-state index contributed by atoms with van der Waals surface area (Å²) < 4.78 is 1.79. The first-order valence-electron chi connectivity index (χ1n) is 5.46. The number of aromatic nitrogens is 3. The largest absolute Gasteiger partial charge is 0.349 e. The van der Waals surface area contributed by atoms with Gasteiger partial charge < -0.3 is 15.2 Å². The smallest absolute Gasteiger partial charge is 0.224 e. The quantitative estimate of drug-likeness (QED) is 0.696. The van der Waals surface area contributed by atoms with Crippen LogP contribution in [0.25, 0.3) is 0 Å². The molecule has 0 saturated carbocycles. The number of amides is 1. The standard InChI is InChI=1S/C10H19N5O/c1-4-11-5-8(2)10(16)12-6-9-14-13-7-15(9)3/h7-8,11H,4-6H2,1-3H3,(H,12,16). The monoisotopic (exact) mass is 225 g/mol. The Morgan fingerprint density at radius 2 is 2.38 bits per heavy atom. The van der Waals surface area contributed by atoms with Gasteiger partial charge in [-0.05, 0) is 6.54 Å². The first kappa shape index (κ1) is 12.6. The summed E-state index contributed by atoms with van der Waals surface area (Å²) in [6, 6.07) is 0. The summed E-state index contributed by atoms with van der Waals surface area (Å²) >= 11 is 0. The van der Waals surface area contributed by atoms with Crippen molar-refractivity contribution in [1.82, 2.24) is 25.4 Å². The van der Waals surface area contributed by atoms with Crippen molar-refractivity contribution >= 4 is 5.91 Å². The van der Waals surface area contributed by atoms with Crippen LogP contribution in [0.3, 0.4) is 0 Å². The second kappa shape index (κ2) is 6.22. The molecule has 90 valence electrons. The van der Waals surface area contributed by atoms with Crippen LogP contribution >= 0.6 is 0 Å². The number of rotatable bonds is 6. The van der Waals surface area contributed by atoms with Crippen molar-refractivity contribution in [3.05, 3.63) is 12.2 Å². The first-order valence-corrected chi connectivity index (χ1v) is 5.46. The molecule has 0 aliphatic rings. The van der Waals surface area contributed by atoms with Crippen LogP contribution in [0, 0.1) is 5.92 Å².